The molecule has 0 aliphatic carbocycles. The van der Waals surface area contributed by atoms with Crippen molar-refractivity contribution in [2.24, 2.45) is 0 Å². The van der Waals surface area contributed by atoms with E-state index in [1.165, 1.54) is 32.2 Å². The van der Waals surface area contributed by atoms with Crippen molar-refractivity contribution in [1.29, 1.82) is 0 Å². The van der Waals surface area contributed by atoms with Gasteiger partial charge in [0.2, 0.25) is 0 Å². The maximum Gasteiger partial charge on any atom is 0.00412 e. The van der Waals surface area contributed by atoms with Gasteiger partial charge < -0.3 is 0 Å². The zero-order valence-electron chi connectivity index (χ0n) is 12.8. The Hall–Kier alpha value is -0.530. The minimum atomic E-state index is 0. The second kappa shape index (κ2) is 31.1. The van der Waals surface area contributed by atoms with Crippen LogP contribution in [0.5, 0.6) is 0 Å². The van der Waals surface area contributed by atoms with E-state index < -0.39 is 0 Å². The summed E-state index contributed by atoms with van der Waals surface area (Å²) in [5.74, 6) is 0. The number of rotatable bonds is 7. The predicted molar refractivity (Wildman–Crippen MR) is 70.3 cm³/mol. The van der Waals surface area contributed by atoms with Gasteiger partial charge in [0.25, 0.3) is 0 Å². The van der Waals surface area contributed by atoms with Gasteiger partial charge in [0.05, 0.1) is 0 Å². The first-order chi connectivity index (χ1) is 9.09. The SMILES string of the molecule is CCCCCCN(C(C)C)C(C)C.F.FF.FF.FF. The lowest BCUT2D eigenvalue weighted by Gasteiger charge is -2.30. The van der Waals surface area contributed by atoms with Crippen molar-refractivity contribution in [3.63, 3.8) is 0 Å². The molecule has 0 N–H and O–H groups in total. The van der Waals surface area contributed by atoms with Crippen molar-refractivity contribution >= 4 is 0 Å². The van der Waals surface area contributed by atoms with E-state index in [-0.39, 0.29) is 4.70 Å². The highest BCUT2D eigenvalue weighted by molar-refractivity contribution is 4.66. The van der Waals surface area contributed by atoms with E-state index in [0.29, 0.717) is 12.1 Å². The highest BCUT2D eigenvalue weighted by Crippen LogP contribution is 2.08. The quantitative estimate of drug-likeness (QED) is 0.390. The molecule has 0 aliphatic rings. The fraction of sp³-hybridized carbons (Fsp3) is 1.00. The van der Waals surface area contributed by atoms with E-state index in [2.05, 4.69) is 39.5 Å². The van der Waals surface area contributed by atoms with Gasteiger partial charge >= 0.3 is 0 Å². The van der Waals surface area contributed by atoms with Gasteiger partial charge in [-0.2, -0.15) is 0 Å². The fourth-order valence-electron chi connectivity index (χ4n) is 1.83. The van der Waals surface area contributed by atoms with Crippen LogP contribution in [0.4, 0.5) is 32.1 Å². The van der Waals surface area contributed by atoms with E-state index in [9.17, 15) is 0 Å². The van der Waals surface area contributed by atoms with E-state index in [4.69, 9.17) is 27.4 Å². The first-order valence-corrected chi connectivity index (χ1v) is 6.28. The molecule has 0 rings (SSSR count). The monoisotopic (exact) mass is 319 g/mol. The van der Waals surface area contributed by atoms with Crippen LogP contribution >= 0.6 is 0 Å². The van der Waals surface area contributed by atoms with Gasteiger partial charge in [-0.05, 0) is 40.7 Å². The van der Waals surface area contributed by atoms with Gasteiger partial charge in [0.15, 0.2) is 0 Å². The largest absolute Gasteiger partial charge is 0.299 e. The Morgan fingerprint density at radius 3 is 1.30 bits per heavy atom. The Balaban J connectivity index is -0.0000000940. The molecule has 0 unspecified atom stereocenters. The summed E-state index contributed by atoms with van der Waals surface area (Å²) in [6, 6.07) is 1.39. The molecule has 0 saturated carbocycles. The van der Waals surface area contributed by atoms with Gasteiger partial charge in [-0.15, -0.1) is 0 Å². The van der Waals surface area contributed by atoms with Crippen molar-refractivity contribution in [2.45, 2.75) is 72.4 Å². The third kappa shape index (κ3) is 26.1. The second-order valence-electron chi connectivity index (χ2n) is 4.49. The molecular formula is C12H28F7N. The van der Waals surface area contributed by atoms with Gasteiger partial charge in [-0.3, -0.25) is 9.60 Å². The average Bonchev–Trinajstić information content (AvgIpc) is 2.44. The highest BCUT2D eigenvalue weighted by atomic mass is 20.0. The molecular weight excluding hydrogens is 291 g/mol. The standard InChI is InChI=1S/C12H27N.3F2.FH/c1-6-7-8-9-10-13(11(2)3)12(4)5;3*1-2;/h11-12H,6-10H2,1-5H3;;;;1H. The van der Waals surface area contributed by atoms with Crippen molar-refractivity contribution in [3.8, 4) is 0 Å². The van der Waals surface area contributed by atoms with Crippen molar-refractivity contribution in [2.75, 3.05) is 6.54 Å². The summed E-state index contributed by atoms with van der Waals surface area (Å²) in [5, 5.41) is 0. The lowest BCUT2D eigenvalue weighted by atomic mass is 10.1. The molecule has 1 nitrogen and oxygen atoms in total. The zero-order chi connectivity index (χ0) is 16.3. The van der Waals surface area contributed by atoms with Gasteiger partial charge in [0, 0.05) is 39.5 Å². The van der Waals surface area contributed by atoms with Gasteiger partial charge in [0.1, 0.15) is 0 Å². The van der Waals surface area contributed by atoms with Crippen LogP contribution in [-0.2, 0) is 0 Å². The van der Waals surface area contributed by atoms with Crippen LogP contribution in [-0.4, -0.2) is 23.5 Å². The molecule has 0 fully saturated rings. The first-order valence-electron chi connectivity index (χ1n) is 6.28. The van der Waals surface area contributed by atoms with Crippen LogP contribution < -0.4 is 0 Å². The molecule has 0 heterocycles. The number of halogens is 7. The number of hydrogen-bond acceptors (Lipinski definition) is 1. The lowest BCUT2D eigenvalue weighted by molar-refractivity contribution is 0.108. The number of nitrogens with zero attached hydrogens (tertiary/aromatic N) is 1. The number of hydrogen-bond donors (Lipinski definition) is 0. The van der Waals surface area contributed by atoms with E-state index >= 15 is 0 Å². The molecule has 0 radical (unpaired) electrons. The maximum absolute atomic E-state index is 8.00. The van der Waals surface area contributed by atoms with Crippen molar-refractivity contribution < 1.29 is 32.1 Å². The third-order valence-corrected chi connectivity index (χ3v) is 2.60. The van der Waals surface area contributed by atoms with Gasteiger partial charge in [-0.25, -0.2) is 0 Å². The van der Waals surface area contributed by atoms with Crippen LogP contribution in [0.15, 0.2) is 0 Å². The molecule has 8 heteroatoms. The first kappa shape index (κ1) is 31.7. The van der Waals surface area contributed by atoms with Crippen LogP contribution in [0.2, 0.25) is 0 Å². The molecule has 0 aliphatic heterocycles. The summed E-state index contributed by atoms with van der Waals surface area (Å²) < 4.78 is 48.0. The average molecular weight is 319 g/mol. The van der Waals surface area contributed by atoms with Crippen LogP contribution in [0, 0.1) is 0 Å². The molecule has 0 saturated heterocycles. The maximum atomic E-state index is 8.00. The van der Waals surface area contributed by atoms with E-state index in [0.717, 1.165) is 0 Å². The summed E-state index contributed by atoms with van der Waals surface area (Å²) in [6.45, 7) is 12.7. The Labute approximate surface area is 117 Å². The van der Waals surface area contributed by atoms with Crippen LogP contribution in [0.25, 0.3) is 0 Å². The predicted octanol–water partition coefficient (Wildman–Crippen LogP) is 6.36. The minimum absolute atomic E-state index is 0. The Morgan fingerprint density at radius 2 is 1.05 bits per heavy atom. The van der Waals surface area contributed by atoms with Crippen molar-refractivity contribution in [3.05, 3.63) is 0 Å². The molecule has 0 bridgehead atoms. The smallest absolute Gasteiger partial charge is 0.00412 e. The van der Waals surface area contributed by atoms with Crippen LogP contribution in [0.3, 0.4) is 0 Å². The Bertz CT molecular complexity index is 118. The van der Waals surface area contributed by atoms with Gasteiger partial charge in [-0.1, -0.05) is 26.2 Å². The number of unbranched alkanes of at least 4 members (excludes halogenated alkanes) is 3. The molecule has 0 aromatic carbocycles. The minimum Gasteiger partial charge on any atom is -0.299 e. The lowest BCUT2D eigenvalue weighted by Crippen LogP contribution is -2.37. The van der Waals surface area contributed by atoms with Crippen molar-refractivity contribution in [1.82, 2.24) is 4.90 Å². The Kier molecular flexibility index (Phi) is 49.3. The third-order valence-electron chi connectivity index (χ3n) is 2.60. The molecule has 20 heavy (non-hydrogen) atoms. The van der Waals surface area contributed by atoms with Crippen LogP contribution in [0.1, 0.15) is 60.3 Å². The highest BCUT2D eigenvalue weighted by Gasteiger charge is 2.11. The fourth-order valence-corrected chi connectivity index (χ4v) is 1.83. The normalized spacial score (nSPS) is 8.70. The molecule has 0 amide bonds. The topological polar surface area (TPSA) is 3.24 Å². The summed E-state index contributed by atoms with van der Waals surface area (Å²) in [7, 11) is 0. The van der Waals surface area contributed by atoms with E-state index in [1.54, 1.807) is 0 Å². The molecule has 0 aromatic heterocycles. The Morgan fingerprint density at radius 1 is 0.700 bits per heavy atom. The molecule has 130 valence electrons. The molecule has 0 spiro atoms. The summed E-state index contributed by atoms with van der Waals surface area (Å²) >= 11 is 0. The summed E-state index contributed by atoms with van der Waals surface area (Å²) in [4.78, 5) is 2.58. The second-order valence-corrected chi connectivity index (χ2v) is 4.49. The summed E-state index contributed by atoms with van der Waals surface area (Å²) in [6.07, 6.45) is 5.49. The molecule has 0 atom stereocenters. The zero-order valence-corrected chi connectivity index (χ0v) is 12.8. The molecule has 0 aromatic rings. The van der Waals surface area contributed by atoms with E-state index in [1.807, 2.05) is 0 Å². The summed E-state index contributed by atoms with van der Waals surface area (Å²) in [5.41, 5.74) is 0.